The number of pyridine rings is 1. The highest BCUT2D eigenvalue weighted by Gasteiger charge is 2.22. The van der Waals surface area contributed by atoms with Crippen molar-refractivity contribution in [3.05, 3.63) is 99.8 Å². The summed E-state index contributed by atoms with van der Waals surface area (Å²) in [6.07, 6.45) is 1.67. The van der Waals surface area contributed by atoms with Gasteiger partial charge in [-0.1, -0.05) is 35.9 Å². The maximum absolute atomic E-state index is 13.7. The summed E-state index contributed by atoms with van der Waals surface area (Å²) in [6.45, 7) is 3.89. The molecule has 178 valence electrons. The van der Waals surface area contributed by atoms with E-state index in [0.29, 0.717) is 34.0 Å². The minimum atomic E-state index is -0.391. The number of hydrogen-bond acceptors (Lipinski definition) is 4. The van der Waals surface area contributed by atoms with Crippen molar-refractivity contribution in [3.63, 3.8) is 0 Å². The van der Waals surface area contributed by atoms with E-state index in [0.717, 1.165) is 22.2 Å². The number of carbonyl (C=O) groups is 3. The Morgan fingerprint density at radius 3 is 2.29 bits per heavy atom. The number of nitrogens with zero attached hydrogens (tertiary/aromatic N) is 2. The largest absolute Gasteiger partial charge is 0.462 e. The highest BCUT2D eigenvalue weighted by Crippen LogP contribution is 2.32. The predicted octanol–water partition coefficient (Wildman–Crippen LogP) is 5.68. The van der Waals surface area contributed by atoms with E-state index in [-0.39, 0.29) is 11.7 Å². The van der Waals surface area contributed by atoms with Crippen molar-refractivity contribution in [1.29, 1.82) is 0 Å². The average Bonchev–Trinajstić information content (AvgIpc) is 3.22. The lowest BCUT2D eigenvalue weighted by Crippen LogP contribution is -2.22. The van der Waals surface area contributed by atoms with Crippen LogP contribution in [0.2, 0.25) is 5.02 Å². The van der Waals surface area contributed by atoms with Gasteiger partial charge in [0.15, 0.2) is 0 Å². The fourth-order valence-electron chi connectivity index (χ4n) is 4.04. The molecule has 0 aliphatic rings. The Balaban J connectivity index is 1.90. The molecule has 2 aromatic carbocycles. The van der Waals surface area contributed by atoms with Crippen molar-refractivity contribution in [3.8, 4) is 11.1 Å². The van der Waals surface area contributed by atoms with Gasteiger partial charge in [-0.15, -0.1) is 0 Å². The Labute approximate surface area is 208 Å². The fourth-order valence-corrected chi connectivity index (χ4v) is 4.35. The third kappa shape index (κ3) is 4.57. The van der Waals surface area contributed by atoms with Gasteiger partial charge in [0.1, 0.15) is 0 Å². The second-order valence-corrected chi connectivity index (χ2v) is 8.78. The first-order valence-corrected chi connectivity index (χ1v) is 11.5. The smallest absolute Gasteiger partial charge is 0.338 e. The zero-order chi connectivity index (χ0) is 25.3. The highest BCUT2D eigenvalue weighted by atomic mass is 35.5. The minimum absolute atomic E-state index is 0.173. The van der Waals surface area contributed by atoms with Gasteiger partial charge in [-0.25, -0.2) is 4.79 Å². The van der Waals surface area contributed by atoms with Crippen LogP contribution in [0.1, 0.15) is 49.3 Å². The molecule has 0 N–H and O–H groups in total. The Hall–Kier alpha value is -3.90. The second-order valence-electron chi connectivity index (χ2n) is 8.37. The molecule has 0 unspecified atom stereocenters. The molecule has 0 saturated heterocycles. The van der Waals surface area contributed by atoms with Gasteiger partial charge >= 0.3 is 5.97 Å². The van der Waals surface area contributed by atoms with Crippen molar-refractivity contribution in [2.45, 2.75) is 13.8 Å². The van der Waals surface area contributed by atoms with Crippen LogP contribution in [0.25, 0.3) is 16.6 Å². The lowest BCUT2D eigenvalue weighted by atomic mass is 10.0. The van der Waals surface area contributed by atoms with Crippen LogP contribution in [0.3, 0.4) is 0 Å². The van der Waals surface area contributed by atoms with Crippen LogP contribution < -0.4 is 0 Å². The molecule has 7 heteroatoms. The number of amides is 1. The van der Waals surface area contributed by atoms with Crippen LogP contribution in [0.4, 0.5) is 0 Å². The molecular formula is C28H25ClN2O4. The van der Waals surface area contributed by atoms with Gasteiger partial charge in [0, 0.05) is 31.4 Å². The molecule has 0 spiro atoms. The topological polar surface area (TPSA) is 68.1 Å². The molecule has 0 aliphatic carbocycles. The maximum atomic E-state index is 13.7. The molecule has 35 heavy (non-hydrogen) atoms. The first kappa shape index (κ1) is 24.2. The predicted molar refractivity (Wildman–Crippen MR) is 136 cm³/mol. The number of halogens is 1. The number of ether oxygens (including phenoxy) is 1. The fraction of sp³-hybridized carbons (Fsp3) is 0.179. The number of aromatic nitrogens is 1. The van der Waals surface area contributed by atoms with Crippen molar-refractivity contribution in [1.82, 2.24) is 9.30 Å². The van der Waals surface area contributed by atoms with Gasteiger partial charge < -0.3 is 14.0 Å². The first-order valence-electron chi connectivity index (χ1n) is 11.2. The summed E-state index contributed by atoms with van der Waals surface area (Å²) in [5.74, 6) is -0.808. The molecule has 2 heterocycles. The third-order valence-corrected chi connectivity index (χ3v) is 6.12. The van der Waals surface area contributed by atoms with Gasteiger partial charge in [-0.2, -0.15) is 0 Å². The van der Waals surface area contributed by atoms with Crippen molar-refractivity contribution in [2.24, 2.45) is 0 Å². The van der Waals surface area contributed by atoms with Gasteiger partial charge in [0.25, 0.3) is 5.91 Å². The van der Waals surface area contributed by atoms with Crippen LogP contribution in [-0.4, -0.2) is 47.7 Å². The molecule has 4 aromatic rings. The number of rotatable bonds is 6. The molecular weight excluding hydrogens is 464 g/mol. The quantitative estimate of drug-likeness (QED) is 0.259. The van der Waals surface area contributed by atoms with E-state index in [1.54, 1.807) is 68.0 Å². The molecule has 0 fully saturated rings. The van der Waals surface area contributed by atoms with E-state index in [2.05, 4.69) is 0 Å². The number of benzene rings is 2. The van der Waals surface area contributed by atoms with Crippen LogP contribution in [0, 0.1) is 6.92 Å². The first-order chi connectivity index (χ1) is 16.7. The number of esters is 1. The molecule has 0 saturated carbocycles. The van der Waals surface area contributed by atoms with Crippen LogP contribution in [0.5, 0.6) is 0 Å². The van der Waals surface area contributed by atoms with Crippen LogP contribution in [0.15, 0.2) is 66.9 Å². The number of aryl methyl sites for hydroxylation is 1. The summed E-state index contributed by atoms with van der Waals surface area (Å²) in [5, 5.41) is 0.366. The second kappa shape index (κ2) is 9.76. The Kier molecular flexibility index (Phi) is 6.76. The van der Waals surface area contributed by atoms with Gasteiger partial charge in [-0.3, -0.25) is 9.59 Å². The van der Waals surface area contributed by atoms with Gasteiger partial charge in [0.2, 0.25) is 5.78 Å². The van der Waals surface area contributed by atoms with Gasteiger partial charge in [0.05, 0.1) is 34.0 Å². The SMILES string of the molecule is CCOC(=O)c1ccc(-c2cc(C(=O)c3c(C)cccc3Cl)n3cc(C(=O)N(C)C)ccc23)cc1. The molecule has 6 nitrogen and oxygen atoms in total. The molecule has 1 amide bonds. The standard InChI is InChI=1S/C28H25ClN2O4/c1-5-35-28(34)19-11-9-18(10-12-19)21-15-24(26(32)25-17(2)7-6-8-22(25)29)31-16-20(13-14-23(21)31)27(33)30(3)4/h6-16H,5H2,1-4H3. The third-order valence-electron chi connectivity index (χ3n) is 5.81. The van der Waals surface area contributed by atoms with Crippen molar-refractivity contribution in [2.75, 3.05) is 20.7 Å². The normalized spacial score (nSPS) is 10.9. The number of ketones is 1. The lowest BCUT2D eigenvalue weighted by molar-refractivity contribution is 0.0526. The van der Waals surface area contributed by atoms with Crippen molar-refractivity contribution >= 4 is 34.8 Å². The molecule has 0 radical (unpaired) electrons. The zero-order valence-electron chi connectivity index (χ0n) is 20.0. The highest BCUT2D eigenvalue weighted by molar-refractivity contribution is 6.35. The summed E-state index contributed by atoms with van der Waals surface area (Å²) in [6, 6.07) is 17.7. The summed E-state index contributed by atoms with van der Waals surface area (Å²) in [5.41, 5.74) is 4.81. The van der Waals surface area contributed by atoms with Gasteiger partial charge in [-0.05, 0) is 61.4 Å². The van der Waals surface area contributed by atoms with Crippen LogP contribution in [-0.2, 0) is 4.74 Å². The molecule has 2 aromatic heterocycles. The molecule has 0 bridgehead atoms. The monoisotopic (exact) mass is 488 g/mol. The zero-order valence-corrected chi connectivity index (χ0v) is 20.7. The molecule has 0 atom stereocenters. The Morgan fingerprint density at radius 1 is 0.971 bits per heavy atom. The van der Waals surface area contributed by atoms with E-state index in [9.17, 15) is 14.4 Å². The average molecular weight is 489 g/mol. The van der Waals surface area contributed by atoms with E-state index < -0.39 is 5.97 Å². The Morgan fingerprint density at radius 2 is 1.66 bits per heavy atom. The maximum Gasteiger partial charge on any atom is 0.338 e. The number of hydrogen-bond donors (Lipinski definition) is 0. The van der Waals surface area contributed by atoms with E-state index in [4.69, 9.17) is 16.3 Å². The van der Waals surface area contributed by atoms with E-state index >= 15 is 0 Å². The molecule has 0 aliphatic heterocycles. The summed E-state index contributed by atoms with van der Waals surface area (Å²) < 4.78 is 6.80. The van der Waals surface area contributed by atoms with Crippen molar-refractivity contribution < 1.29 is 19.1 Å². The Bertz CT molecular complexity index is 1430. The number of carbonyl (C=O) groups excluding carboxylic acids is 3. The summed E-state index contributed by atoms with van der Waals surface area (Å²) >= 11 is 6.41. The van der Waals surface area contributed by atoms with E-state index in [1.165, 1.54) is 4.90 Å². The summed E-state index contributed by atoms with van der Waals surface area (Å²) in [7, 11) is 3.36. The lowest BCUT2D eigenvalue weighted by Gasteiger charge is -2.12. The van der Waals surface area contributed by atoms with Crippen LogP contribution >= 0.6 is 11.6 Å². The molecule has 4 rings (SSSR count). The summed E-state index contributed by atoms with van der Waals surface area (Å²) in [4.78, 5) is 39.9. The minimum Gasteiger partial charge on any atom is -0.462 e. The van der Waals surface area contributed by atoms with E-state index in [1.807, 2.05) is 31.2 Å². The number of fused-ring (bicyclic) bond motifs is 1.